The lowest BCUT2D eigenvalue weighted by Crippen LogP contribution is -2.38. The van der Waals surface area contributed by atoms with E-state index in [-0.39, 0.29) is 41.1 Å². The highest BCUT2D eigenvalue weighted by atomic mass is 16.6. The molecule has 3 rings (SSSR count). The number of ketones is 2. The molecule has 1 aliphatic heterocycles. The minimum Gasteiger partial charge on any atom is -0.439 e. The van der Waals surface area contributed by atoms with E-state index < -0.39 is 48.1 Å². The molecule has 2 bridgehead atoms. The zero-order valence-electron chi connectivity index (χ0n) is 25.1. The summed E-state index contributed by atoms with van der Waals surface area (Å²) < 4.78 is 16.6. The van der Waals surface area contributed by atoms with Crippen molar-refractivity contribution < 1.29 is 38.5 Å². The molecule has 5 N–H and O–H groups in total. The zero-order valence-corrected chi connectivity index (χ0v) is 25.1. The van der Waals surface area contributed by atoms with Gasteiger partial charge in [0.1, 0.15) is 6.10 Å². The van der Waals surface area contributed by atoms with Crippen molar-refractivity contribution in [3.63, 3.8) is 0 Å². The molecule has 1 saturated carbocycles. The quantitative estimate of drug-likeness (QED) is 0.280. The Labute approximate surface area is 246 Å². The van der Waals surface area contributed by atoms with E-state index in [1.54, 1.807) is 32.1 Å². The van der Waals surface area contributed by atoms with Crippen LogP contribution in [-0.4, -0.2) is 73.4 Å². The van der Waals surface area contributed by atoms with E-state index in [1.165, 1.54) is 20.3 Å². The average Bonchev–Trinajstić information content (AvgIpc) is 3.76. The summed E-state index contributed by atoms with van der Waals surface area (Å²) >= 11 is 0. The number of carbonyl (C=O) groups excluding carboxylic acids is 4. The molecule has 0 aromatic carbocycles. The second kappa shape index (κ2) is 14.6. The maximum absolute atomic E-state index is 13.6. The van der Waals surface area contributed by atoms with E-state index in [4.69, 9.17) is 19.9 Å². The molecule has 0 saturated heterocycles. The fraction of sp³-hybridized carbons (Fsp3) is 0.548. The highest BCUT2D eigenvalue weighted by Crippen LogP contribution is 2.30. The van der Waals surface area contributed by atoms with Gasteiger partial charge in [0, 0.05) is 43.4 Å². The Balaban J connectivity index is 2.05. The second-order valence-corrected chi connectivity index (χ2v) is 11.3. The summed E-state index contributed by atoms with van der Waals surface area (Å²) in [5.41, 5.74) is 6.69. The van der Waals surface area contributed by atoms with Gasteiger partial charge in [0.05, 0.1) is 23.6 Å². The lowest BCUT2D eigenvalue weighted by Gasteiger charge is -2.30. The lowest BCUT2D eigenvalue weighted by molar-refractivity contribution is -0.120. The number of Topliss-reactive ketones (excluding diaryl/α,β-unsaturated/α-hetero) is 1. The van der Waals surface area contributed by atoms with Gasteiger partial charge >= 0.3 is 6.09 Å². The molecule has 1 fully saturated rings. The number of ether oxygens (including phenoxy) is 3. The van der Waals surface area contributed by atoms with Gasteiger partial charge in [0.25, 0.3) is 5.91 Å². The first-order valence-electron chi connectivity index (χ1n) is 14.2. The van der Waals surface area contributed by atoms with E-state index in [2.05, 4.69) is 10.6 Å². The summed E-state index contributed by atoms with van der Waals surface area (Å²) in [6, 6.07) is 0.140. The first-order chi connectivity index (χ1) is 19.9. The molecule has 0 spiro atoms. The van der Waals surface area contributed by atoms with Crippen molar-refractivity contribution in [2.24, 2.45) is 17.6 Å². The summed E-state index contributed by atoms with van der Waals surface area (Å²) in [5.74, 6) is -1.94. The summed E-state index contributed by atoms with van der Waals surface area (Å²) in [6.07, 6.45) is 5.85. The van der Waals surface area contributed by atoms with Gasteiger partial charge in [-0.3, -0.25) is 14.4 Å². The fourth-order valence-electron chi connectivity index (χ4n) is 5.17. The van der Waals surface area contributed by atoms with Crippen LogP contribution in [0.1, 0.15) is 53.4 Å². The molecule has 2 aliphatic carbocycles. The number of amides is 2. The predicted octanol–water partition coefficient (Wildman–Crippen LogP) is 2.51. The van der Waals surface area contributed by atoms with Crippen molar-refractivity contribution in [3.8, 4) is 0 Å². The van der Waals surface area contributed by atoms with Crippen molar-refractivity contribution in [2.45, 2.75) is 83.8 Å². The smallest absolute Gasteiger partial charge is 0.405 e. The number of aliphatic hydroxyl groups is 1. The van der Waals surface area contributed by atoms with Gasteiger partial charge in [-0.05, 0) is 51.0 Å². The van der Waals surface area contributed by atoms with Gasteiger partial charge in [-0.15, -0.1) is 0 Å². The minimum absolute atomic E-state index is 0.0929. The summed E-state index contributed by atoms with van der Waals surface area (Å²) in [5, 5.41) is 17.0. The summed E-state index contributed by atoms with van der Waals surface area (Å²) in [7, 11) is 2.94. The molecule has 42 heavy (non-hydrogen) atoms. The molecule has 3 aliphatic rings. The molecular formula is C31H43N3O8. The van der Waals surface area contributed by atoms with E-state index in [0.717, 1.165) is 18.9 Å². The number of hydrogen-bond donors (Lipinski definition) is 4. The van der Waals surface area contributed by atoms with Gasteiger partial charge in [-0.25, -0.2) is 4.79 Å². The number of carbonyl (C=O) groups is 4. The number of aliphatic hydroxyl groups excluding tert-OH is 1. The number of allylic oxidation sites excluding steroid dienone is 4. The topological polar surface area (TPSA) is 166 Å². The zero-order chi connectivity index (χ0) is 31.1. The van der Waals surface area contributed by atoms with Gasteiger partial charge < -0.3 is 35.7 Å². The third kappa shape index (κ3) is 8.50. The molecular weight excluding hydrogens is 542 g/mol. The lowest BCUT2D eigenvalue weighted by atomic mass is 9.85. The highest BCUT2D eigenvalue weighted by molar-refractivity contribution is 6.23. The first kappa shape index (κ1) is 33.0. The van der Waals surface area contributed by atoms with Crippen molar-refractivity contribution in [2.75, 3.05) is 14.2 Å². The van der Waals surface area contributed by atoms with Crippen molar-refractivity contribution >= 4 is 23.6 Å². The first-order valence-corrected chi connectivity index (χ1v) is 14.2. The van der Waals surface area contributed by atoms with Gasteiger partial charge in [0.2, 0.25) is 11.6 Å². The Morgan fingerprint density at radius 2 is 1.81 bits per heavy atom. The number of rotatable bonds is 5. The van der Waals surface area contributed by atoms with Gasteiger partial charge in [-0.1, -0.05) is 38.2 Å². The third-order valence-corrected chi connectivity index (χ3v) is 7.72. The maximum atomic E-state index is 13.6. The second-order valence-electron chi connectivity index (χ2n) is 11.3. The Morgan fingerprint density at radius 3 is 2.40 bits per heavy atom. The molecule has 230 valence electrons. The van der Waals surface area contributed by atoms with Crippen LogP contribution < -0.4 is 16.4 Å². The molecule has 6 atom stereocenters. The minimum atomic E-state index is -0.993. The van der Waals surface area contributed by atoms with Crippen LogP contribution in [0.4, 0.5) is 4.79 Å². The molecule has 2 amide bonds. The van der Waals surface area contributed by atoms with E-state index >= 15 is 0 Å². The van der Waals surface area contributed by atoms with Crippen LogP contribution in [0, 0.1) is 11.8 Å². The van der Waals surface area contributed by atoms with Crippen LogP contribution in [0.2, 0.25) is 0 Å². The van der Waals surface area contributed by atoms with Gasteiger partial charge in [-0.2, -0.15) is 0 Å². The fourth-order valence-corrected chi connectivity index (χ4v) is 5.17. The van der Waals surface area contributed by atoms with Crippen LogP contribution in [-0.2, 0) is 28.6 Å². The van der Waals surface area contributed by atoms with E-state index in [0.29, 0.717) is 17.6 Å². The SMILES string of the molecule is CO[C@H]1C=CC=C(C)C(=O)NC2=CC(=O)C(NC3CC3)=C(C[C@@H](C)C[C@H](OC)[C@H](O)[C@@H](C)C=C(C)[C@@H]1OC(N)=O)C2=O. The third-order valence-electron chi connectivity index (χ3n) is 7.72. The highest BCUT2D eigenvalue weighted by Gasteiger charge is 2.35. The molecule has 0 radical (unpaired) electrons. The van der Waals surface area contributed by atoms with Gasteiger partial charge in [0.15, 0.2) is 6.10 Å². The Bertz CT molecular complexity index is 1230. The Kier molecular flexibility index (Phi) is 11.4. The van der Waals surface area contributed by atoms with Crippen molar-refractivity contribution in [1.82, 2.24) is 10.6 Å². The molecule has 0 aromatic heterocycles. The molecule has 1 heterocycles. The van der Waals surface area contributed by atoms with Crippen LogP contribution >= 0.6 is 0 Å². The number of nitrogens with two attached hydrogens (primary N) is 1. The molecule has 11 heteroatoms. The maximum Gasteiger partial charge on any atom is 0.405 e. The predicted molar refractivity (Wildman–Crippen MR) is 156 cm³/mol. The van der Waals surface area contributed by atoms with Crippen LogP contribution in [0.25, 0.3) is 0 Å². The molecule has 11 nitrogen and oxygen atoms in total. The average molecular weight is 586 g/mol. The van der Waals surface area contributed by atoms with Crippen molar-refractivity contribution in [3.05, 3.63) is 58.5 Å². The standard InChI is InChI=1S/C31H43N3O8/c1-16-12-21-26(33-20-10-11-20)23(35)15-22(28(21)37)34-30(38)17(2)8-7-9-24(40-5)29(42-31(32)39)19(4)14-18(3)27(36)25(13-16)41-6/h7-9,14-16,18,20,24-25,27,29,33,36H,10-13H2,1-6H3,(H2,32,39)(H,34,38)/t16-,18+,24+,25+,27-,29+/m1/s1. The normalized spacial score (nSPS) is 30.3. The number of primary amides is 1. The molecule has 0 unspecified atom stereocenters. The largest absolute Gasteiger partial charge is 0.439 e. The monoisotopic (exact) mass is 585 g/mol. The number of nitrogens with one attached hydrogen (secondary N) is 2. The Hall–Kier alpha value is -3.54. The van der Waals surface area contributed by atoms with Crippen LogP contribution in [0.5, 0.6) is 0 Å². The Morgan fingerprint density at radius 1 is 1.12 bits per heavy atom. The summed E-state index contributed by atoms with van der Waals surface area (Å²) in [6.45, 7) is 7.04. The molecule has 0 aromatic rings. The van der Waals surface area contributed by atoms with E-state index in [9.17, 15) is 24.3 Å². The number of methoxy groups -OCH3 is 2. The van der Waals surface area contributed by atoms with Crippen LogP contribution in [0.15, 0.2) is 58.5 Å². The van der Waals surface area contributed by atoms with Crippen molar-refractivity contribution in [1.29, 1.82) is 0 Å². The number of fused-ring (bicyclic) bond motifs is 2. The van der Waals surface area contributed by atoms with E-state index in [1.807, 2.05) is 13.8 Å². The number of hydrogen-bond acceptors (Lipinski definition) is 9. The summed E-state index contributed by atoms with van der Waals surface area (Å²) in [4.78, 5) is 51.5. The van der Waals surface area contributed by atoms with Crippen LogP contribution in [0.3, 0.4) is 0 Å².